The first-order valence-electron chi connectivity index (χ1n) is 12.7. The number of nitrogens with one attached hydrogen (secondary N) is 1. The molecule has 0 heterocycles. The number of amides is 1. The van der Waals surface area contributed by atoms with E-state index in [2.05, 4.69) is 22.7 Å². The van der Waals surface area contributed by atoms with Crippen molar-refractivity contribution in [3.63, 3.8) is 0 Å². The number of hydrazone groups is 1. The average molecular weight is 525 g/mol. The highest BCUT2D eigenvalue weighted by Gasteiger charge is 2.51. The Kier molecular flexibility index (Phi) is 6.55. The van der Waals surface area contributed by atoms with E-state index >= 15 is 0 Å². The fraction of sp³-hybridized carbons (Fsp3) is 0.481. The van der Waals surface area contributed by atoms with E-state index in [9.17, 15) is 23.3 Å². The molecule has 196 valence electrons. The Bertz CT molecular complexity index is 1300. The second-order valence-corrected chi connectivity index (χ2v) is 13.0. The number of benzene rings is 2. The number of nitrogens with zero attached hydrogens (tertiary/aromatic N) is 3. The van der Waals surface area contributed by atoms with Gasteiger partial charge in [0.25, 0.3) is 11.6 Å². The van der Waals surface area contributed by atoms with Gasteiger partial charge in [-0.15, -0.1) is 0 Å². The lowest BCUT2D eigenvalue weighted by molar-refractivity contribution is -0.384. The summed E-state index contributed by atoms with van der Waals surface area (Å²) in [4.78, 5) is 23.0. The molecule has 0 aromatic heterocycles. The molecule has 9 nitrogen and oxygen atoms in total. The van der Waals surface area contributed by atoms with E-state index in [0.29, 0.717) is 17.0 Å². The number of non-ortho nitro benzene ring substituents is 1. The molecule has 0 radical (unpaired) electrons. The van der Waals surface area contributed by atoms with Gasteiger partial charge < -0.3 is 0 Å². The van der Waals surface area contributed by atoms with Gasteiger partial charge in [-0.3, -0.25) is 19.2 Å². The van der Waals surface area contributed by atoms with Crippen molar-refractivity contribution < 1.29 is 18.1 Å². The molecule has 2 aromatic carbocycles. The lowest BCUT2D eigenvalue weighted by Gasteiger charge is -2.57. The maximum Gasteiger partial charge on any atom is 0.269 e. The molecule has 4 saturated carbocycles. The summed E-state index contributed by atoms with van der Waals surface area (Å²) in [6.45, 7) is 1.24. The highest BCUT2D eigenvalue weighted by Crippen LogP contribution is 2.60. The van der Waals surface area contributed by atoms with Crippen molar-refractivity contribution in [2.45, 2.75) is 50.9 Å². The number of rotatable bonds is 8. The quantitative estimate of drug-likeness (QED) is 0.312. The van der Waals surface area contributed by atoms with Crippen LogP contribution in [0.2, 0.25) is 0 Å². The lowest BCUT2D eigenvalue weighted by Crippen LogP contribution is -2.48. The molecule has 4 aliphatic rings. The van der Waals surface area contributed by atoms with E-state index in [1.54, 1.807) is 6.92 Å². The summed E-state index contributed by atoms with van der Waals surface area (Å²) in [5, 5.41) is 14.9. The molecular formula is C27H32N4O5S. The van der Waals surface area contributed by atoms with Crippen LogP contribution in [0.25, 0.3) is 0 Å². The maximum atomic E-state index is 12.6. The number of hydrogen-bond donors (Lipinski definition) is 1. The van der Waals surface area contributed by atoms with Gasteiger partial charge in [-0.2, -0.15) is 5.10 Å². The van der Waals surface area contributed by atoms with E-state index < -0.39 is 27.4 Å². The molecule has 10 heteroatoms. The monoisotopic (exact) mass is 524 g/mol. The Morgan fingerprint density at radius 1 is 1.03 bits per heavy atom. The molecular weight excluding hydrogens is 492 g/mol. The minimum Gasteiger partial charge on any atom is -0.271 e. The van der Waals surface area contributed by atoms with Gasteiger partial charge in [0.05, 0.1) is 22.6 Å². The smallest absolute Gasteiger partial charge is 0.269 e. The molecule has 4 bridgehead atoms. The van der Waals surface area contributed by atoms with Crippen molar-refractivity contribution in [3.05, 3.63) is 69.8 Å². The van der Waals surface area contributed by atoms with Crippen molar-refractivity contribution >= 4 is 33.0 Å². The van der Waals surface area contributed by atoms with Crippen LogP contribution in [0, 0.1) is 27.9 Å². The van der Waals surface area contributed by atoms with Gasteiger partial charge in [-0.1, -0.05) is 12.1 Å². The van der Waals surface area contributed by atoms with Crippen LogP contribution in [0.4, 0.5) is 11.4 Å². The Morgan fingerprint density at radius 2 is 1.57 bits per heavy atom. The van der Waals surface area contributed by atoms with Crippen molar-refractivity contribution in [1.29, 1.82) is 0 Å². The first kappa shape index (κ1) is 25.4. The minimum atomic E-state index is -3.71. The first-order valence-corrected chi connectivity index (χ1v) is 14.5. The van der Waals surface area contributed by atoms with Gasteiger partial charge in [-0.25, -0.2) is 13.8 Å². The summed E-state index contributed by atoms with van der Waals surface area (Å²) in [6.07, 6.45) is 8.84. The van der Waals surface area contributed by atoms with E-state index in [1.807, 2.05) is 12.1 Å². The SMILES string of the molecule is C/C(=N/NC(=O)CN(c1ccc(C23CC4CC(CC(C4)C2)C3)cc1)S(C)(=O)=O)c1ccc([N+](=O)[O-])cc1. The summed E-state index contributed by atoms with van der Waals surface area (Å²) in [7, 11) is -3.71. The van der Waals surface area contributed by atoms with Crippen LogP contribution in [0.1, 0.15) is 56.6 Å². The van der Waals surface area contributed by atoms with E-state index in [4.69, 9.17) is 0 Å². The molecule has 0 aliphatic heterocycles. The summed E-state index contributed by atoms with van der Waals surface area (Å²) in [6, 6.07) is 13.5. The van der Waals surface area contributed by atoms with Crippen LogP contribution in [-0.4, -0.2) is 37.8 Å². The molecule has 0 unspecified atom stereocenters. The Hall–Kier alpha value is -3.27. The summed E-state index contributed by atoms with van der Waals surface area (Å²) >= 11 is 0. The third-order valence-electron chi connectivity index (χ3n) is 8.34. The second-order valence-electron chi connectivity index (χ2n) is 11.1. The normalized spacial score (nSPS) is 26.6. The van der Waals surface area contributed by atoms with Crippen LogP contribution in [-0.2, 0) is 20.2 Å². The number of carbonyl (C=O) groups excluding carboxylic acids is 1. The predicted octanol–water partition coefficient (Wildman–Crippen LogP) is 4.37. The Morgan fingerprint density at radius 3 is 2.05 bits per heavy atom. The standard InChI is InChI=1S/C27H32N4O5S/c1-18(22-3-7-25(8-4-22)31(33)34)28-29-26(32)17-30(37(2,35)36)24-9-5-23(6-10-24)27-14-19-11-20(15-27)13-21(12-19)16-27/h3-10,19-21H,11-17H2,1-2H3,(H,29,32)/b28-18-. The third kappa shape index (κ3) is 5.25. The number of sulfonamides is 1. The first-order chi connectivity index (χ1) is 17.5. The summed E-state index contributed by atoms with van der Waals surface area (Å²) in [5.41, 5.74) is 5.35. The Balaban J connectivity index is 1.28. The number of nitro groups is 1. The van der Waals surface area contributed by atoms with Gasteiger partial charge in [0, 0.05) is 12.1 Å². The third-order valence-corrected chi connectivity index (χ3v) is 9.48. The largest absolute Gasteiger partial charge is 0.271 e. The Labute approximate surface area is 217 Å². The van der Waals surface area contributed by atoms with Crippen LogP contribution >= 0.6 is 0 Å². The zero-order valence-corrected chi connectivity index (χ0v) is 21.9. The van der Waals surface area contributed by atoms with Crippen LogP contribution in [0.5, 0.6) is 0 Å². The van der Waals surface area contributed by atoms with E-state index in [-0.39, 0.29) is 11.1 Å². The van der Waals surface area contributed by atoms with Crippen LogP contribution in [0.3, 0.4) is 0 Å². The molecule has 4 fully saturated rings. The van der Waals surface area contributed by atoms with Gasteiger partial charge in [-0.05, 0) is 104 Å². The molecule has 4 aliphatic carbocycles. The van der Waals surface area contributed by atoms with E-state index in [1.165, 1.54) is 68.4 Å². The van der Waals surface area contributed by atoms with Crippen molar-refractivity contribution in [2.24, 2.45) is 22.9 Å². The maximum absolute atomic E-state index is 12.6. The van der Waals surface area contributed by atoms with Crippen molar-refractivity contribution in [3.8, 4) is 0 Å². The van der Waals surface area contributed by atoms with Crippen molar-refractivity contribution in [2.75, 3.05) is 17.1 Å². The highest BCUT2D eigenvalue weighted by atomic mass is 32.2. The fourth-order valence-electron chi connectivity index (χ4n) is 7.05. The predicted molar refractivity (Wildman–Crippen MR) is 142 cm³/mol. The molecule has 1 amide bonds. The highest BCUT2D eigenvalue weighted by molar-refractivity contribution is 7.92. The molecule has 0 saturated heterocycles. The lowest BCUT2D eigenvalue weighted by atomic mass is 9.48. The number of anilines is 1. The summed E-state index contributed by atoms with van der Waals surface area (Å²) < 4.78 is 26.2. The topological polar surface area (TPSA) is 122 Å². The molecule has 6 rings (SSSR count). The molecule has 2 aromatic rings. The zero-order valence-electron chi connectivity index (χ0n) is 21.1. The summed E-state index contributed by atoms with van der Waals surface area (Å²) in [5.74, 6) is 1.86. The average Bonchev–Trinajstić information content (AvgIpc) is 2.84. The molecule has 37 heavy (non-hydrogen) atoms. The van der Waals surface area contributed by atoms with Crippen LogP contribution < -0.4 is 9.73 Å². The molecule has 1 N–H and O–H groups in total. The van der Waals surface area contributed by atoms with E-state index in [0.717, 1.165) is 28.3 Å². The minimum absolute atomic E-state index is 0.0430. The molecule has 0 atom stereocenters. The van der Waals surface area contributed by atoms with Gasteiger partial charge >= 0.3 is 0 Å². The van der Waals surface area contributed by atoms with Gasteiger partial charge in [0.1, 0.15) is 6.54 Å². The van der Waals surface area contributed by atoms with Crippen molar-refractivity contribution in [1.82, 2.24) is 5.43 Å². The van der Waals surface area contributed by atoms with Crippen LogP contribution in [0.15, 0.2) is 53.6 Å². The van der Waals surface area contributed by atoms with Gasteiger partial charge in [0.15, 0.2) is 0 Å². The number of nitro benzene ring substituents is 1. The second kappa shape index (κ2) is 9.55. The number of hydrogen-bond acceptors (Lipinski definition) is 6. The number of carbonyl (C=O) groups is 1. The fourth-order valence-corrected chi connectivity index (χ4v) is 7.90. The molecule has 0 spiro atoms. The zero-order chi connectivity index (χ0) is 26.4. The van der Waals surface area contributed by atoms with Gasteiger partial charge in [0.2, 0.25) is 10.0 Å².